The van der Waals surface area contributed by atoms with Crippen molar-refractivity contribution < 1.29 is 0 Å². The molecule has 2 atom stereocenters. The van der Waals surface area contributed by atoms with Gasteiger partial charge in [-0.3, -0.25) is 0 Å². The van der Waals surface area contributed by atoms with Crippen LogP contribution >= 0.6 is 0 Å². The lowest BCUT2D eigenvalue weighted by Gasteiger charge is -2.22. The molecule has 3 nitrogen and oxygen atoms in total. The molecule has 1 saturated heterocycles. The van der Waals surface area contributed by atoms with E-state index in [0.29, 0.717) is 0 Å². The van der Waals surface area contributed by atoms with Crippen molar-refractivity contribution >= 4 is 0 Å². The third kappa shape index (κ3) is 4.09. The molecule has 1 fully saturated rings. The molecule has 1 rings (SSSR count). The normalized spacial score (nSPS) is 27.8. The van der Waals surface area contributed by atoms with Gasteiger partial charge in [-0.1, -0.05) is 13.8 Å². The summed E-state index contributed by atoms with van der Waals surface area (Å²) >= 11 is 0. The maximum absolute atomic E-state index is 3.38. The van der Waals surface area contributed by atoms with Crippen LogP contribution in [0.5, 0.6) is 0 Å². The molecule has 0 aliphatic carbocycles. The molecule has 0 aromatic carbocycles. The molecule has 0 aromatic rings. The Kier molecular flexibility index (Phi) is 5.58. The van der Waals surface area contributed by atoms with Crippen molar-refractivity contribution in [3.63, 3.8) is 0 Å². The van der Waals surface area contributed by atoms with E-state index in [1.807, 2.05) is 0 Å². The Morgan fingerprint density at radius 1 is 1.33 bits per heavy atom. The van der Waals surface area contributed by atoms with Crippen LogP contribution in [0.25, 0.3) is 0 Å². The highest BCUT2D eigenvalue weighted by Crippen LogP contribution is 2.19. The highest BCUT2D eigenvalue weighted by molar-refractivity contribution is 4.86. The molecule has 0 amide bonds. The zero-order valence-corrected chi connectivity index (χ0v) is 10.8. The summed E-state index contributed by atoms with van der Waals surface area (Å²) in [5, 5.41) is 3.38. The van der Waals surface area contributed by atoms with Gasteiger partial charge in [0, 0.05) is 19.1 Å². The van der Waals surface area contributed by atoms with Crippen LogP contribution in [-0.4, -0.2) is 62.7 Å². The third-order valence-corrected chi connectivity index (χ3v) is 3.39. The van der Waals surface area contributed by atoms with Crippen LogP contribution in [0.2, 0.25) is 0 Å². The number of nitrogens with one attached hydrogen (secondary N) is 1. The van der Waals surface area contributed by atoms with Crippen LogP contribution in [0.3, 0.4) is 0 Å². The fraction of sp³-hybridized carbons (Fsp3) is 1.00. The fourth-order valence-electron chi connectivity index (χ4n) is 2.51. The molecule has 3 heteroatoms. The van der Waals surface area contributed by atoms with E-state index >= 15 is 0 Å². The zero-order chi connectivity index (χ0) is 11.3. The van der Waals surface area contributed by atoms with Gasteiger partial charge in [0.25, 0.3) is 0 Å². The predicted molar refractivity (Wildman–Crippen MR) is 66.2 cm³/mol. The first kappa shape index (κ1) is 12.9. The number of hydrogen-bond acceptors (Lipinski definition) is 3. The van der Waals surface area contributed by atoms with Gasteiger partial charge in [-0.2, -0.15) is 0 Å². The first-order valence-corrected chi connectivity index (χ1v) is 6.24. The molecule has 0 radical (unpaired) electrons. The van der Waals surface area contributed by atoms with Crippen molar-refractivity contribution in [3.05, 3.63) is 0 Å². The average Bonchev–Trinajstić information content (AvgIpc) is 2.55. The van der Waals surface area contributed by atoms with Gasteiger partial charge in [-0.05, 0) is 46.1 Å². The summed E-state index contributed by atoms with van der Waals surface area (Å²) < 4.78 is 0. The Bertz CT molecular complexity index is 170. The molecule has 90 valence electrons. The lowest BCUT2D eigenvalue weighted by Crippen LogP contribution is -2.34. The Morgan fingerprint density at radius 2 is 2.07 bits per heavy atom. The average molecular weight is 213 g/mol. The van der Waals surface area contributed by atoms with Crippen molar-refractivity contribution in [2.24, 2.45) is 5.92 Å². The van der Waals surface area contributed by atoms with Crippen molar-refractivity contribution in [1.82, 2.24) is 15.1 Å². The molecule has 1 N–H and O–H groups in total. The van der Waals surface area contributed by atoms with Gasteiger partial charge in [0.2, 0.25) is 0 Å². The van der Waals surface area contributed by atoms with Gasteiger partial charge in [0.1, 0.15) is 0 Å². The zero-order valence-electron chi connectivity index (χ0n) is 10.8. The largest absolute Gasteiger partial charge is 0.317 e. The van der Waals surface area contributed by atoms with Crippen LogP contribution in [0.15, 0.2) is 0 Å². The van der Waals surface area contributed by atoms with Crippen LogP contribution in [-0.2, 0) is 0 Å². The molecule has 2 unspecified atom stereocenters. The lowest BCUT2D eigenvalue weighted by molar-refractivity contribution is 0.251. The molecule has 0 aromatic heterocycles. The van der Waals surface area contributed by atoms with Crippen LogP contribution in [0.1, 0.15) is 20.3 Å². The van der Waals surface area contributed by atoms with Gasteiger partial charge < -0.3 is 15.1 Å². The summed E-state index contributed by atoms with van der Waals surface area (Å²) in [7, 11) is 4.40. The van der Waals surface area contributed by atoms with Crippen molar-refractivity contribution in [3.8, 4) is 0 Å². The third-order valence-electron chi connectivity index (χ3n) is 3.39. The molecular formula is C12H27N3. The lowest BCUT2D eigenvalue weighted by atomic mass is 10.1. The fourth-order valence-corrected chi connectivity index (χ4v) is 2.51. The SMILES string of the molecule is CCNCCCN1CC(C)C(N(C)C)C1. The Labute approximate surface area is 94.8 Å². The minimum atomic E-state index is 0.754. The topological polar surface area (TPSA) is 18.5 Å². The Balaban J connectivity index is 2.17. The second kappa shape index (κ2) is 6.46. The van der Waals surface area contributed by atoms with E-state index in [9.17, 15) is 0 Å². The monoisotopic (exact) mass is 213 g/mol. The number of nitrogens with zero attached hydrogens (tertiary/aromatic N) is 2. The number of rotatable bonds is 6. The molecule has 0 bridgehead atoms. The summed E-state index contributed by atoms with van der Waals surface area (Å²) in [6.07, 6.45) is 1.28. The van der Waals surface area contributed by atoms with Gasteiger partial charge in [0.15, 0.2) is 0 Å². The smallest absolute Gasteiger partial charge is 0.0254 e. The second-order valence-corrected chi connectivity index (χ2v) is 4.97. The van der Waals surface area contributed by atoms with E-state index in [-0.39, 0.29) is 0 Å². The summed E-state index contributed by atoms with van der Waals surface area (Å²) in [4.78, 5) is 4.97. The van der Waals surface area contributed by atoms with Gasteiger partial charge in [0.05, 0.1) is 0 Å². The summed E-state index contributed by atoms with van der Waals surface area (Å²) in [6, 6.07) is 0.754. The number of likely N-dealkylation sites (tertiary alicyclic amines) is 1. The number of hydrogen-bond donors (Lipinski definition) is 1. The van der Waals surface area contributed by atoms with Crippen LogP contribution in [0, 0.1) is 5.92 Å². The molecule has 1 aliphatic heterocycles. The molecule has 15 heavy (non-hydrogen) atoms. The summed E-state index contributed by atoms with van der Waals surface area (Å²) in [6.45, 7) is 10.6. The predicted octanol–water partition coefficient (Wildman–Crippen LogP) is 0.868. The van der Waals surface area contributed by atoms with Gasteiger partial charge in [-0.15, -0.1) is 0 Å². The van der Waals surface area contributed by atoms with E-state index in [0.717, 1.165) is 25.0 Å². The standard InChI is InChI=1S/C12H27N3/c1-5-13-7-6-8-15-9-11(2)12(10-15)14(3)4/h11-13H,5-10H2,1-4H3. The first-order chi connectivity index (χ1) is 7.15. The molecule has 1 heterocycles. The number of likely N-dealkylation sites (N-methyl/N-ethyl adjacent to an activating group) is 1. The molecule has 0 saturated carbocycles. The Morgan fingerprint density at radius 3 is 2.60 bits per heavy atom. The van der Waals surface area contributed by atoms with Crippen molar-refractivity contribution in [2.75, 3.05) is 46.8 Å². The minimum Gasteiger partial charge on any atom is -0.317 e. The van der Waals surface area contributed by atoms with E-state index < -0.39 is 0 Å². The quantitative estimate of drug-likeness (QED) is 0.661. The van der Waals surface area contributed by atoms with Crippen molar-refractivity contribution in [2.45, 2.75) is 26.3 Å². The van der Waals surface area contributed by atoms with Crippen molar-refractivity contribution in [1.29, 1.82) is 0 Å². The van der Waals surface area contributed by atoms with E-state index in [1.54, 1.807) is 0 Å². The maximum Gasteiger partial charge on any atom is 0.0254 e. The molecule has 1 aliphatic rings. The highest BCUT2D eigenvalue weighted by atomic mass is 15.2. The second-order valence-electron chi connectivity index (χ2n) is 4.97. The highest BCUT2D eigenvalue weighted by Gasteiger charge is 2.30. The van der Waals surface area contributed by atoms with E-state index in [2.05, 4.69) is 43.1 Å². The van der Waals surface area contributed by atoms with Gasteiger partial charge in [-0.25, -0.2) is 0 Å². The maximum atomic E-state index is 3.38. The summed E-state index contributed by atoms with van der Waals surface area (Å²) in [5.74, 6) is 0.819. The summed E-state index contributed by atoms with van der Waals surface area (Å²) in [5.41, 5.74) is 0. The van der Waals surface area contributed by atoms with Crippen LogP contribution in [0.4, 0.5) is 0 Å². The minimum absolute atomic E-state index is 0.754. The van der Waals surface area contributed by atoms with E-state index in [4.69, 9.17) is 0 Å². The van der Waals surface area contributed by atoms with Crippen LogP contribution < -0.4 is 5.32 Å². The molecular weight excluding hydrogens is 186 g/mol. The first-order valence-electron chi connectivity index (χ1n) is 6.24. The Hall–Kier alpha value is -0.120. The van der Waals surface area contributed by atoms with Gasteiger partial charge >= 0.3 is 0 Å². The van der Waals surface area contributed by atoms with E-state index in [1.165, 1.54) is 26.1 Å². The molecule has 0 spiro atoms.